The molecule has 26 heavy (non-hydrogen) atoms. The maximum atomic E-state index is 11.8. The van der Waals surface area contributed by atoms with Crippen molar-refractivity contribution in [3.05, 3.63) is 54.1 Å². The second-order valence-electron chi connectivity index (χ2n) is 6.45. The van der Waals surface area contributed by atoms with Crippen molar-refractivity contribution in [1.29, 1.82) is 0 Å². The molecule has 1 amide bonds. The molecule has 8 heteroatoms. The average molecular weight is 396 g/mol. The molecular formula is C18H21NO5S2. The lowest BCUT2D eigenvalue weighted by atomic mass is 10.2. The van der Waals surface area contributed by atoms with Crippen molar-refractivity contribution in [3.63, 3.8) is 0 Å². The van der Waals surface area contributed by atoms with Crippen LogP contribution in [0.15, 0.2) is 58.3 Å². The second-order valence-corrected chi connectivity index (χ2v) is 8.60. The Morgan fingerprint density at radius 2 is 1.81 bits per heavy atom. The molecule has 140 valence electrons. The molecule has 2 rings (SSSR count). The third kappa shape index (κ3) is 6.45. The first-order chi connectivity index (χ1) is 12.1. The van der Waals surface area contributed by atoms with Crippen molar-refractivity contribution in [1.82, 2.24) is 0 Å². The molecule has 0 bridgehead atoms. The zero-order valence-electron chi connectivity index (χ0n) is 14.6. The number of carbonyl (C=O) groups excluding carboxylic acids is 1. The van der Waals surface area contributed by atoms with Crippen LogP contribution >= 0.6 is 11.8 Å². The summed E-state index contributed by atoms with van der Waals surface area (Å²) in [5.41, 5.74) is -1.00. The van der Waals surface area contributed by atoms with Crippen LogP contribution in [-0.2, 0) is 15.8 Å². The van der Waals surface area contributed by atoms with E-state index in [0.717, 1.165) is 9.79 Å². The summed E-state index contributed by atoms with van der Waals surface area (Å²) in [6, 6.07) is 14.0. The minimum absolute atomic E-state index is 0.371. The normalized spacial score (nSPS) is 13.7. The lowest BCUT2D eigenvalue weighted by Gasteiger charge is -2.19. The fourth-order valence-electron chi connectivity index (χ4n) is 2.01. The number of benzene rings is 2. The number of nitrogens with one attached hydrogen (secondary N) is 1. The monoisotopic (exact) mass is 395 g/mol. The van der Waals surface area contributed by atoms with Gasteiger partial charge in [-0.15, -0.1) is 0 Å². The van der Waals surface area contributed by atoms with E-state index in [2.05, 4.69) is 5.32 Å². The second kappa shape index (κ2) is 8.68. The molecule has 2 aromatic carbocycles. The molecule has 2 aromatic rings. The summed E-state index contributed by atoms with van der Waals surface area (Å²) >= 11 is -0.867. The van der Waals surface area contributed by atoms with Crippen LogP contribution in [0.2, 0.25) is 0 Å². The smallest absolute Gasteiger partial charge is 0.412 e. The minimum Gasteiger partial charge on any atom is -0.444 e. The standard InChI is InChI=1S/C18H21NO5S2/c1-18(2,3)24-17(21)19-13-5-4-6-15(11-13)25-14-9-7-12(8-10-14)16(20)26(22)23/h4-11,16,20H,1-3H3,(H,19,21)(H,22,23). The lowest BCUT2D eigenvalue weighted by Crippen LogP contribution is -2.27. The number of amides is 1. The van der Waals surface area contributed by atoms with Crippen LogP contribution in [0.5, 0.6) is 0 Å². The molecule has 0 aliphatic heterocycles. The lowest BCUT2D eigenvalue weighted by molar-refractivity contribution is 0.0636. The number of aliphatic hydroxyl groups excluding tert-OH is 1. The van der Waals surface area contributed by atoms with E-state index < -0.39 is 28.2 Å². The average Bonchev–Trinajstić information content (AvgIpc) is 2.53. The van der Waals surface area contributed by atoms with Crippen molar-refractivity contribution in [3.8, 4) is 0 Å². The maximum absolute atomic E-state index is 11.8. The van der Waals surface area contributed by atoms with Crippen LogP contribution in [-0.4, -0.2) is 25.6 Å². The molecule has 0 spiro atoms. The van der Waals surface area contributed by atoms with Crippen LogP contribution in [0.1, 0.15) is 31.8 Å². The van der Waals surface area contributed by atoms with Crippen molar-refractivity contribution in [2.75, 3.05) is 5.32 Å². The van der Waals surface area contributed by atoms with Crippen LogP contribution in [0, 0.1) is 0 Å². The van der Waals surface area contributed by atoms with Gasteiger partial charge < -0.3 is 14.4 Å². The molecule has 3 N–H and O–H groups in total. The highest BCUT2D eigenvalue weighted by molar-refractivity contribution is 7.99. The van der Waals surface area contributed by atoms with Crippen molar-refractivity contribution >= 4 is 34.6 Å². The molecule has 6 nitrogen and oxygen atoms in total. The maximum Gasteiger partial charge on any atom is 0.412 e. The van der Waals surface area contributed by atoms with E-state index in [4.69, 9.17) is 9.29 Å². The number of carbonyl (C=O) groups is 1. The van der Waals surface area contributed by atoms with Crippen LogP contribution < -0.4 is 5.32 Å². The van der Waals surface area contributed by atoms with Gasteiger partial charge in [0.05, 0.1) is 0 Å². The van der Waals surface area contributed by atoms with E-state index >= 15 is 0 Å². The third-order valence-electron chi connectivity index (χ3n) is 3.07. The molecular weight excluding hydrogens is 374 g/mol. The highest BCUT2D eigenvalue weighted by atomic mass is 32.2. The van der Waals surface area contributed by atoms with Gasteiger partial charge in [0.1, 0.15) is 5.60 Å². The molecule has 0 saturated heterocycles. The molecule has 0 radical (unpaired) electrons. The minimum atomic E-state index is -2.33. The molecule has 2 atom stereocenters. The molecule has 2 unspecified atom stereocenters. The highest BCUT2D eigenvalue weighted by Gasteiger charge is 2.16. The van der Waals surface area contributed by atoms with Crippen LogP contribution in [0.25, 0.3) is 0 Å². The number of hydrogen-bond donors (Lipinski definition) is 3. The summed E-state index contributed by atoms with van der Waals surface area (Å²) < 4.78 is 25.1. The van der Waals surface area contributed by atoms with E-state index in [1.54, 1.807) is 51.1 Å². The summed E-state index contributed by atoms with van der Waals surface area (Å²) in [4.78, 5) is 13.6. The van der Waals surface area contributed by atoms with Gasteiger partial charge in [0.15, 0.2) is 16.5 Å². The predicted octanol–water partition coefficient (Wildman–Crippen LogP) is 4.40. The largest absolute Gasteiger partial charge is 0.444 e. The van der Waals surface area contributed by atoms with Crippen molar-refractivity contribution in [2.45, 2.75) is 41.6 Å². The summed E-state index contributed by atoms with van der Waals surface area (Å²) in [5.74, 6) is 0. The number of hydrogen-bond acceptors (Lipinski definition) is 5. The summed E-state index contributed by atoms with van der Waals surface area (Å²) in [6.07, 6.45) is -0.519. The quantitative estimate of drug-likeness (QED) is 0.650. The van der Waals surface area contributed by atoms with E-state index in [-0.39, 0.29) is 0 Å². The van der Waals surface area contributed by atoms with E-state index in [9.17, 15) is 14.1 Å². The Kier molecular flexibility index (Phi) is 6.82. The Morgan fingerprint density at radius 1 is 1.15 bits per heavy atom. The van der Waals surface area contributed by atoms with Gasteiger partial charge >= 0.3 is 6.09 Å². The van der Waals surface area contributed by atoms with E-state index in [1.807, 2.05) is 18.2 Å². The van der Waals surface area contributed by atoms with E-state index in [1.165, 1.54) is 11.8 Å². The molecule has 0 fully saturated rings. The molecule has 0 aliphatic carbocycles. The van der Waals surface area contributed by atoms with Crippen molar-refractivity contribution in [2.24, 2.45) is 0 Å². The Balaban J connectivity index is 2.04. The number of rotatable bonds is 5. The zero-order valence-corrected chi connectivity index (χ0v) is 16.3. The summed E-state index contributed by atoms with van der Waals surface area (Å²) in [6.45, 7) is 5.39. The Morgan fingerprint density at radius 3 is 2.38 bits per heavy atom. The molecule has 0 saturated carbocycles. The Labute approximate surface area is 159 Å². The topological polar surface area (TPSA) is 95.9 Å². The highest BCUT2D eigenvalue weighted by Crippen LogP contribution is 2.30. The Bertz CT molecular complexity index is 787. The van der Waals surface area contributed by atoms with Gasteiger partial charge in [-0.25, -0.2) is 9.00 Å². The first kappa shape index (κ1) is 20.4. The van der Waals surface area contributed by atoms with Crippen LogP contribution in [0.4, 0.5) is 10.5 Å². The zero-order chi connectivity index (χ0) is 19.3. The summed E-state index contributed by atoms with van der Waals surface area (Å²) in [5, 5.41) is 12.3. The van der Waals surface area contributed by atoms with Gasteiger partial charge in [0.25, 0.3) is 0 Å². The number of aliphatic hydroxyl groups is 1. The van der Waals surface area contributed by atoms with Gasteiger partial charge in [-0.3, -0.25) is 5.32 Å². The van der Waals surface area contributed by atoms with Crippen LogP contribution in [0.3, 0.4) is 0 Å². The van der Waals surface area contributed by atoms with Gasteiger partial charge in [0.2, 0.25) is 0 Å². The van der Waals surface area contributed by atoms with Crippen molar-refractivity contribution < 1.29 is 23.4 Å². The van der Waals surface area contributed by atoms with Gasteiger partial charge in [-0.2, -0.15) is 0 Å². The first-order valence-electron chi connectivity index (χ1n) is 7.80. The first-order valence-corrected chi connectivity index (χ1v) is 9.78. The van der Waals surface area contributed by atoms with Gasteiger partial charge in [-0.1, -0.05) is 30.0 Å². The Hall–Kier alpha value is -1.87. The SMILES string of the molecule is CC(C)(C)OC(=O)Nc1cccc(Sc2ccc(C(O)S(=O)O)cc2)c1. The third-order valence-corrected chi connectivity index (χ3v) is 4.72. The van der Waals surface area contributed by atoms with E-state index in [0.29, 0.717) is 11.3 Å². The van der Waals surface area contributed by atoms with Gasteiger partial charge in [0, 0.05) is 15.5 Å². The summed E-state index contributed by atoms with van der Waals surface area (Å²) in [7, 11) is 0. The number of ether oxygens (including phenoxy) is 1. The molecule has 0 aliphatic rings. The molecule has 0 aromatic heterocycles. The fourth-order valence-corrected chi connectivity index (χ4v) is 3.28. The van der Waals surface area contributed by atoms with Gasteiger partial charge in [-0.05, 0) is 56.7 Å². The molecule has 0 heterocycles. The predicted molar refractivity (Wildman–Crippen MR) is 103 cm³/mol. The number of anilines is 1. The fraction of sp³-hybridized carbons (Fsp3) is 0.278.